The van der Waals surface area contributed by atoms with Crippen LogP contribution < -0.4 is 5.73 Å². The van der Waals surface area contributed by atoms with Gasteiger partial charge in [0, 0.05) is 4.47 Å². The van der Waals surface area contributed by atoms with Crippen LogP contribution in [0.3, 0.4) is 0 Å². The zero-order valence-electron chi connectivity index (χ0n) is 5.90. The van der Waals surface area contributed by atoms with E-state index in [-0.39, 0.29) is 12.4 Å². The minimum atomic E-state index is 0. The van der Waals surface area contributed by atoms with Crippen LogP contribution in [0, 0.1) is 6.92 Å². The Morgan fingerprint density at radius 3 is 2.45 bits per heavy atom. The fourth-order valence-electron chi connectivity index (χ4n) is 0.713. The lowest BCUT2D eigenvalue weighted by Gasteiger charge is -2.01. The number of hydrogen-bond donors (Lipinski definition) is 1. The Kier molecular flexibility index (Phi) is 4.22. The normalized spacial score (nSPS) is 9.00. The Morgan fingerprint density at radius 1 is 1.45 bits per heavy atom. The van der Waals surface area contributed by atoms with Crippen molar-refractivity contribution in [1.29, 1.82) is 0 Å². The summed E-state index contributed by atoms with van der Waals surface area (Å²) in [7, 11) is 0. The summed E-state index contributed by atoms with van der Waals surface area (Å²) in [5, 5.41) is 0.604. The first-order valence-corrected chi connectivity index (χ1v) is 3.99. The minimum absolute atomic E-state index is 0. The Hall–Kier alpha value is 0.0800. The number of nitrogens with two attached hydrogens (primary N) is 1. The third kappa shape index (κ3) is 2.55. The van der Waals surface area contributed by atoms with Gasteiger partial charge in [-0.3, -0.25) is 0 Å². The smallest absolute Gasteiger partial charge is 0.0649 e. The molecule has 0 heterocycles. The largest absolute Gasteiger partial charge is 0.397 e. The van der Waals surface area contributed by atoms with E-state index in [0.29, 0.717) is 10.7 Å². The molecule has 0 spiro atoms. The molecule has 0 aliphatic carbocycles. The summed E-state index contributed by atoms with van der Waals surface area (Å²) in [5.41, 5.74) is 7.25. The molecular weight excluding hydrogens is 249 g/mol. The van der Waals surface area contributed by atoms with Crippen molar-refractivity contribution in [3.63, 3.8) is 0 Å². The molecule has 1 aromatic carbocycles. The van der Waals surface area contributed by atoms with Crippen molar-refractivity contribution in [3.05, 3.63) is 27.2 Å². The van der Waals surface area contributed by atoms with E-state index in [9.17, 15) is 0 Å². The van der Waals surface area contributed by atoms with Crippen LogP contribution >= 0.6 is 39.9 Å². The molecule has 0 bridgehead atoms. The van der Waals surface area contributed by atoms with Crippen molar-refractivity contribution >= 4 is 45.6 Å². The zero-order chi connectivity index (χ0) is 7.72. The molecule has 62 valence electrons. The van der Waals surface area contributed by atoms with E-state index >= 15 is 0 Å². The number of nitrogen functional groups attached to an aromatic ring is 1. The van der Waals surface area contributed by atoms with Gasteiger partial charge in [-0.2, -0.15) is 0 Å². The molecule has 0 radical (unpaired) electrons. The Morgan fingerprint density at radius 2 is 2.00 bits per heavy atom. The lowest BCUT2D eigenvalue weighted by atomic mass is 10.2. The number of anilines is 1. The quantitative estimate of drug-likeness (QED) is 0.708. The fourth-order valence-corrected chi connectivity index (χ4v) is 1.68. The van der Waals surface area contributed by atoms with E-state index in [2.05, 4.69) is 15.9 Å². The molecule has 1 rings (SSSR count). The lowest BCUT2D eigenvalue weighted by molar-refractivity contribution is 1.45. The highest BCUT2D eigenvalue weighted by Gasteiger charge is 1.99. The summed E-state index contributed by atoms with van der Waals surface area (Å²) in [6, 6.07) is 3.71. The van der Waals surface area contributed by atoms with Gasteiger partial charge < -0.3 is 5.73 Å². The molecule has 4 heteroatoms. The maximum atomic E-state index is 5.76. The number of rotatable bonds is 0. The van der Waals surface area contributed by atoms with Gasteiger partial charge >= 0.3 is 0 Å². The van der Waals surface area contributed by atoms with Crippen molar-refractivity contribution in [2.24, 2.45) is 0 Å². The predicted octanol–water partition coefficient (Wildman–Crippen LogP) is 3.41. The number of benzene rings is 1. The predicted molar refractivity (Wildman–Crippen MR) is 55.5 cm³/mol. The molecule has 0 saturated heterocycles. The van der Waals surface area contributed by atoms with Gasteiger partial charge in [-0.25, -0.2) is 0 Å². The van der Waals surface area contributed by atoms with Gasteiger partial charge in [-0.15, -0.1) is 12.4 Å². The monoisotopic (exact) mass is 255 g/mol. The highest BCUT2D eigenvalue weighted by molar-refractivity contribution is 9.10. The second kappa shape index (κ2) is 4.19. The van der Waals surface area contributed by atoms with Crippen LogP contribution in [0.1, 0.15) is 5.56 Å². The first kappa shape index (κ1) is 11.1. The minimum Gasteiger partial charge on any atom is -0.397 e. The second-order valence-electron chi connectivity index (χ2n) is 2.12. The lowest BCUT2D eigenvalue weighted by Crippen LogP contribution is -1.89. The van der Waals surface area contributed by atoms with Crippen LogP contribution in [0.2, 0.25) is 5.02 Å². The van der Waals surface area contributed by atoms with Crippen LogP contribution in [0.5, 0.6) is 0 Å². The molecule has 0 fully saturated rings. The van der Waals surface area contributed by atoms with Crippen LogP contribution in [0.4, 0.5) is 5.69 Å². The summed E-state index contributed by atoms with van der Waals surface area (Å²) in [5.74, 6) is 0. The van der Waals surface area contributed by atoms with Crippen molar-refractivity contribution < 1.29 is 0 Å². The van der Waals surface area contributed by atoms with E-state index < -0.39 is 0 Å². The molecule has 1 nitrogen and oxygen atoms in total. The highest BCUT2D eigenvalue weighted by Crippen LogP contribution is 2.26. The second-order valence-corrected chi connectivity index (χ2v) is 3.44. The van der Waals surface area contributed by atoms with Gasteiger partial charge in [0.25, 0.3) is 0 Å². The number of hydrogen-bond acceptors (Lipinski definition) is 1. The van der Waals surface area contributed by atoms with E-state index in [1.54, 1.807) is 6.07 Å². The maximum absolute atomic E-state index is 5.76. The summed E-state index contributed by atoms with van der Waals surface area (Å²) < 4.78 is 0.962. The van der Waals surface area contributed by atoms with Gasteiger partial charge in [0.1, 0.15) is 0 Å². The van der Waals surface area contributed by atoms with Crippen LogP contribution in [-0.4, -0.2) is 0 Å². The first-order chi connectivity index (χ1) is 4.61. The standard InChI is InChI=1S/C7H7BrClN.ClH/c1-4-2-5(8)3-6(9)7(4)10;/h2-3H,10H2,1H3;1H. The molecule has 0 aromatic heterocycles. The molecule has 0 unspecified atom stereocenters. The van der Waals surface area contributed by atoms with Gasteiger partial charge in [-0.1, -0.05) is 27.5 Å². The highest BCUT2D eigenvalue weighted by atomic mass is 79.9. The van der Waals surface area contributed by atoms with Gasteiger partial charge in [0.05, 0.1) is 10.7 Å². The maximum Gasteiger partial charge on any atom is 0.0649 e. The number of halogens is 3. The van der Waals surface area contributed by atoms with E-state index in [0.717, 1.165) is 10.0 Å². The SMILES string of the molecule is Cc1cc(Br)cc(Cl)c1N.Cl. The third-order valence-corrected chi connectivity index (χ3v) is 2.07. The molecular formula is C7H8BrCl2N. The molecule has 2 N–H and O–H groups in total. The molecule has 1 aromatic rings. The average molecular weight is 257 g/mol. The summed E-state index contributed by atoms with van der Waals surface area (Å²) in [4.78, 5) is 0. The molecule has 11 heavy (non-hydrogen) atoms. The third-order valence-electron chi connectivity index (χ3n) is 1.30. The first-order valence-electron chi connectivity index (χ1n) is 2.82. The summed E-state index contributed by atoms with van der Waals surface area (Å²) in [6.45, 7) is 1.92. The summed E-state index contributed by atoms with van der Waals surface area (Å²) >= 11 is 9.07. The van der Waals surface area contributed by atoms with Gasteiger partial charge in [-0.05, 0) is 24.6 Å². The van der Waals surface area contributed by atoms with E-state index in [1.165, 1.54) is 0 Å². The fraction of sp³-hybridized carbons (Fsp3) is 0.143. The molecule has 0 saturated carbocycles. The van der Waals surface area contributed by atoms with Crippen molar-refractivity contribution in [2.75, 3.05) is 5.73 Å². The molecule has 0 aliphatic rings. The molecule has 0 atom stereocenters. The van der Waals surface area contributed by atoms with Crippen molar-refractivity contribution in [1.82, 2.24) is 0 Å². The Bertz CT molecular complexity index is 240. The van der Waals surface area contributed by atoms with Gasteiger partial charge in [0.15, 0.2) is 0 Å². The van der Waals surface area contributed by atoms with E-state index in [4.69, 9.17) is 17.3 Å². The Labute approximate surface area is 85.5 Å². The average Bonchev–Trinajstić information content (AvgIpc) is 1.82. The van der Waals surface area contributed by atoms with Crippen LogP contribution in [0.25, 0.3) is 0 Å². The summed E-state index contributed by atoms with van der Waals surface area (Å²) in [6.07, 6.45) is 0. The number of aryl methyl sites for hydroxylation is 1. The van der Waals surface area contributed by atoms with Gasteiger partial charge in [0.2, 0.25) is 0 Å². The van der Waals surface area contributed by atoms with Crippen molar-refractivity contribution in [2.45, 2.75) is 6.92 Å². The molecule has 0 amide bonds. The molecule has 0 aliphatic heterocycles. The Balaban J connectivity index is 0.000001000. The van der Waals surface area contributed by atoms with Crippen LogP contribution in [0.15, 0.2) is 16.6 Å². The van der Waals surface area contributed by atoms with E-state index in [1.807, 2.05) is 13.0 Å². The topological polar surface area (TPSA) is 26.0 Å². The zero-order valence-corrected chi connectivity index (χ0v) is 9.05. The van der Waals surface area contributed by atoms with Crippen molar-refractivity contribution in [3.8, 4) is 0 Å². The van der Waals surface area contributed by atoms with Crippen LogP contribution in [-0.2, 0) is 0 Å².